The van der Waals surface area contributed by atoms with Crippen molar-refractivity contribution in [2.45, 2.75) is 18.9 Å². The van der Waals surface area contributed by atoms with Gasteiger partial charge in [-0.2, -0.15) is 0 Å². The van der Waals surface area contributed by atoms with Crippen molar-refractivity contribution >= 4 is 29.1 Å². The second-order valence-electron chi connectivity index (χ2n) is 6.70. The van der Waals surface area contributed by atoms with Crippen LogP contribution in [-0.4, -0.2) is 37.4 Å². The average molecular weight is 365 g/mol. The van der Waals surface area contributed by atoms with Crippen molar-refractivity contribution < 1.29 is 19.1 Å². The zero-order valence-electron chi connectivity index (χ0n) is 14.8. The van der Waals surface area contributed by atoms with Crippen molar-refractivity contribution in [2.75, 3.05) is 23.9 Å². The second kappa shape index (κ2) is 6.75. The quantitative estimate of drug-likeness (QED) is 0.869. The number of fused-ring (bicyclic) bond motifs is 1. The van der Waals surface area contributed by atoms with Gasteiger partial charge in [-0.15, -0.1) is 0 Å². The number of anilines is 2. The number of ether oxygens (including phenoxy) is 1. The van der Waals surface area contributed by atoms with Gasteiger partial charge < -0.3 is 20.3 Å². The number of nitrogens with zero attached hydrogens (tertiary/aromatic N) is 1. The summed E-state index contributed by atoms with van der Waals surface area (Å²) in [6.07, 6.45) is 2.07. The maximum Gasteiger partial charge on any atom is 0.264 e. The molecule has 2 aromatic rings. The Morgan fingerprint density at radius 2 is 1.74 bits per heavy atom. The third-order valence-corrected chi connectivity index (χ3v) is 4.63. The molecule has 0 bridgehead atoms. The number of likely N-dealkylation sites (N-methyl/N-ethyl adjacent to an activating group) is 1. The molecular formula is C20H19N3O4. The monoisotopic (exact) mass is 365 g/mol. The van der Waals surface area contributed by atoms with Gasteiger partial charge in [-0.05, 0) is 55.3 Å². The molecule has 2 N–H and O–H groups in total. The lowest BCUT2D eigenvalue weighted by atomic mass is 10.1. The fourth-order valence-corrected chi connectivity index (χ4v) is 2.82. The van der Waals surface area contributed by atoms with E-state index in [1.165, 1.54) is 4.90 Å². The van der Waals surface area contributed by atoms with Crippen LogP contribution in [0.15, 0.2) is 42.5 Å². The number of benzene rings is 2. The highest BCUT2D eigenvalue weighted by molar-refractivity contribution is 6.06. The Labute approximate surface area is 156 Å². The number of carbonyl (C=O) groups excluding carboxylic acids is 3. The summed E-state index contributed by atoms with van der Waals surface area (Å²) in [5.74, 6) is -0.00280. The van der Waals surface area contributed by atoms with E-state index in [4.69, 9.17) is 4.74 Å². The summed E-state index contributed by atoms with van der Waals surface area (Å²) in [6.45, 7) is -0.00425. The van der Waals surface area contributed by atoms with Crippen LogP contribution in [0.4, 0.5) is 11.4 Å². The van der Waals surface area contributed by atoms with E-state index in [2.05, 4.69) is 10.6 Å². The summed E-state index contributed by atoms with van der Waals surface area (Å²) in [4.78, 5) is 37.8. The first-order valence-electron chi connectivity index (χ1n) is 8.77. The zero-order chi connectivity index (χ0) is 19.0. The van der Waals surface area contributed by atoms with Gasteiger partial charge in [-0.3, -0.25) is 14.4 Å². The Hall–Kier alpha value is -3.35. The molecule has 7 heteroatoms. The fraction of sp³-hybridized carbons (Fsp3) is 0.250. The minimum Gasteiger partial charge on any atom is -0.482 e. The van der Waals surface area contributed by atoms with Crippen LogP contribution >= 0.6 is 0 Å². The van der Waals surface area contributed by atoms with Crippen molar-refractivity contribution in [3.63, 3.8) is 0 Å². The molecule has 27 heavy (non-hydrogen) atoms. The van der Waals surface area contributed by atoms with Crippen LogP contribution in [0.2, 0.25) is 0 Å². The zero-order valence-corrected chi connectivity index (χ0v) is 14.8. The third kappa shape index (κ3) is 3.62. The Morgan fingerprint density at radius 1 is 1.04 bits per heavy atom. The minimum atomic E-state index is -0.306. The van der Waals surface area contributed by atoms with E-state index in [0.29, 0.717) is 34.3 Å². The molecule has 0 radical (unpaired) electrons. The fourth-order valence-electron chi connectivity index (χ4n) is 2.82. The van der Waals surface area contributed by atoms with E-state index < -0.39 is 0 Å². The molecule has 4 rings (SSSR count). The van der Waals surface area contributed by atoms with Crippen LogP contribution < -0.4 is 20.3 Å². The first kappa shape index (κ1) is 17.1. The maximum absolute atomic E-state index is 12.5. The van der Waals surface area contributed by atoms with E-state index >= 15 is 0 Å². The van der Waals surface area contributed by atoms with Crippen LogP contribution in [0.3, 0.4) is 0 Å². The summed E-state index contributed by atoms with van der Waals surface area (Å²) in [5.41, 5.74) is 2.12. The average Bonchev–Trinajstić information content (AvgIpc) is 3.49. The number of carbonyl (C=O) groups is 3. The molecule has 138 valence electrons. The van der Waals surface area contributed by atoms with Crippen molar-refractivity contribution in [3.8, 4) is 5.75 Å². The van der Waals surface area contributed by atoms with Crippen molar-refractivity contribution in [1.82, 2.24) is 5.32 Å². The Bertz CT molecular complexity index is 919. The summed E-state index contributed by atoms with van der Waals surface area (Å²) < 4.78 is 5.37. The molecule has 1 saturated carbocycles. The SMILES string of the molecule is CN1C(=O)COc2ccc(C(=O)Nc3ccc(C(=O)NC4CC4)cc3)cc21. The van der Waals surface area contributed by atoms with Crippen molar-refractivity contribution in [1.29, 1.82) is 0 Å². The molecule has 1 aliphatic heterocycles. The first-order valence-corrected chi connectivity index (χ1v) is 8.77. The second-order valence-corrected chi connectivity index (χ2v) is 6.70. The van der Waals surface area contributed by atoms with E-state index in [1.807, 2.05) is 0 Å². The van der Waals surface area contributed by atoms with Gasteiger partial charge >= 0.3 is 0 Å². The topological polar surface area (TPSA) is 87.7 Å². The Balaban J connectivity index is 1.46. The lowest BCUT2D eigenvalue weighted by Gasteiger charge is -2.26. The predicted octanol–water partition coefficient (Wildman–Crippen LogP) is 2.19. The molecule has 0 saturated heterocycles. The molecule has 7 nitrogen and oxygen atoms in total. The highest BCUT2D eigenvalue weighted by Gasteiger charge is 2.24. The molecular weight excluding hydrogens is 346 g/mol. The van der Waals surface area contributed by atoms with Crippen LogP contribution in [-0.2, 0) is 4.79 Å². The molecule has 2 aliphatic rings. The molecule has 0 unspecified atom stereocenters. The predicted molar refractivity (Wildman–Crippen MR) is 100 cm³/mol. The third-order valence-electron chi connectivity index (χ3n) is 4.63. The Kier molecular flexibility index (Phi) is 4.27. The first-order chi connectivity index (χ1) is 13.0. The van der Waals surface area contributed by atoms with Crippen molar-refractivity contribution in [3.05, 3.63) is 53.6 Å². The summed E-state index contributed by atoms with van der Waals surface area (Å²) >= 11 is 0. The van der Waals surface area contributed by atoms with Crippen LogP contribution in [0.1, 0.15) is 33.6 Å². The number of hydrogen-bond donors (Lipinski definition) is 2. The van der Waals surface area contributed by atoms with Gasteiger partial charge in [0.25, 0.3) is 17.7 Å². The van der Waals surface area contributed by atoms with Crippen LogP contribution in [0.25, 0.3) is 0 Å². The summed E-state index contributed by atoms with van der Waals surface area (Å²) in [7, 11) is 1.65. The van der Waals surface area contributed by atoms with E-state index in [1.54, 1.807) is 49.5 Å². The molecule has 2 aromatic carbocycles. The van der Waals surface area contributed by atoms with Gasteiger partial charge in [0.05, 0.1) is 5.69 Å². The van der Waals surface area contributed by atoms with Gasteiger partial charge in [0.1, 0.15) is 5.75 Å². The van der Waals surface area contributed by atoms with Gasteiger partial charge in [0, 0.05) is 29.9 Å². The van der Waals surface area contributed by atoms with Gasteiger partial charge in [-0.25, -0.2) is 0 Å². The molecule has 1 heterocycles. The molecule has 1 fully saturated rings. The number of nitrogens with one attached hydrogen (secondary N) is 2. The molecule has 0 aromatic heterocycles. The van der Waals surface area contributed by atoms with E-state index in [0.717, 1.165) is 12.8 Å². The van der Waals surface area contributed by atoms with Gasteiger partial charge in [0.15, 0.2) is 6.61 Å². The minimum absolute atomic E-state index is 0.00425. The van der Waals surface area contributed by atoms with Crippen LogP contribution in [0, 0.1) is 0 Å². The standard InChI is InChI=1S/C20H19N3O4/c1-23-16-10-13(4-9-17(16)27-11-18(23)24)20(26)22-14-5-2-12(3-6-14)19(25)21-15-7-8-15/h2-6,9-10,15H,7-8,11H2,1H3,(H,21,25)(H,22,26). The number of amides is 3. The van der Waals surface area contributed by atoms with E-state index in [-0.39, 0.29) is 24.3 Å². The van der Waals surface area contributed by atoms with Gasteiger partial charge in [-0.1, -0.05) is 0 Å². The van der Waals surface area contributed by atoms with Crippen molar-refractivity contribution in [2.24, 2.45) is 0 Å². The molecule has 3 amide bonds. The normalized spacial score (nSPS) is 15.6. The summed E-state index contributed by atoms with van der Waals surface area (Å²) in [5, 5.41) is 5.72. The Morgan fingerprint density at radius 3 is 2.44 bits per heavy atom. The molecule has 0 atom stereocenters. The van der Waals surface area contributed by atoms with Gasteiger partial charge in [0.2, 0.25) is 0 Å². The smallest absolute Gasteiger partial charge is 0.264 e. The molecule has 1 aliphatic carbocycles. The lowest BCUT2D eigenvalue weighted by Crippen LogP contribution is -2.35. The lowest BCUT2D eigenvalue weighted by molar-refractivity contribution is -0.120. The highest BCUT2D eigenvalue weighted by Crippen LogP contribution is 2.32. The van der Waals surface area contributed by atoms with Crippen LogP contribution in [0.5, 0.6) is 5.75 Å². The largest absolute Gasteiger partial charge is 0.482 e. The highest BCUT2D eigenvalue weighted by atomic mass is 16.5. The summed E-state index contributed by atoms with van der Waals surface area (Å²) in [6, 6.07) is 12.0. The molecule has 0 spiro atoms. The van der Waals surface area contributed by atoms with E-state index in [9.17, 15) is 14.4 Å². The number of rotatable bonds is 4. The maximum atomic E-state index is 12.5. The number of hydrogen-bond acceptors (Lipinski definition) is 4.